The van der Waals surface area contributed by atoms with Crippen molar-refractivity contribution in [2.75, 3.05) is 12.4 Å². The van der Waals surface area contributed by atoms with Gasteiger partial charge in [-0.15, -0.1) is 0 Å². The molecular weight excluding hydrogens is 412 g/mol. The highest BCUT2D eigenvalue weighted by molar-refractivity contribution is 9.10. The Morgan fingerprint density at radius 1 is 1.14 bits per heavy atom. The number of methoxy groups -OCH3 is 1. The third-order valence-electron chi connectivity index (χ3n) is 2.65. The van der Waals surface area contributed by atoms with Crippen LogP contribution in [0.1, 0.15) is 10.4 Å². The zero-order chi connectivity index (χ0) is 15.6. The van der Waals surface area contributed by atoms with E-state index in [4.69, 9.17) is 4.74 Å². The Morgan fingerprint density at radius 3 is 2.33 bits per heavy atom. The standard InChI is InChI=1S/C14H9Br2F2NO2/c1-21-12-6-8(2-3-9(12)15)19-14(20)7-4-10(17)13(16)11(18)5-7/h2-6H,1H3,(H,19,20). The molecule has 0 unspecified atom stereocenters. The molecule has 0 atom stereocenters. The Balaban J connectivity index is 2.26. The minimum Gasteiger partial charge on any atom is -0.495 e. The van der Waals surface area contributed by atoms with Gasteiger partial charge in [0.05, 0.1) is 16.1 Å². The van der Waals surface area contributed by atoms with Gasteiger partial charge in [0.15, 0.2) is 0 Å². The zero-order valence-corrected chi connectivity index (χ0v) is 13.9. The van der Waals surface area contributed by atoms with E-state index in [1.54, 1.807) is 18.2 Å². The molecule has 1 N–H and O–H groups in total. The lowest BCUT2D eigenvalue weighted by Crippen LogP contribution is -2.13. The van der Waals surface area contributed by atoms with Crippen molar-refractivity contribution >= 4 is 43.5 Å². The zero-order valence-electron chi connectivity index (χ0n) is 10.7. The van der Waals surface area contributed by atoms with E-state index in [1.807, 2.05) is 0 Å². The third-order valence-corrected chi connectivity index (χ3v) is 4.07. The van der Waals surface area contributed by atoms with Gasteiger partial charge in [0, 0.05) is 17.3 Å². The molecule has 110 valence electrons. The molecule has 21 heavy (non-hydrogen) atoms. The summed E-state index contributed by atoms with van der Waals surface area (Å²) in [5.74, 6) is -1.77. The molecule has 0 aromatic heterocycles. The molecule has 0 spiro atoms. The van der Waals surface area contributed by atoms with E-state index in [9.17, 15) is 13.6 Å². The van der Waals surface area contributed by atoms with Gasteiger partial charge in [-0.25, -0.2) is 8.78 Å². The fourth-order valence-electron chi connectivity index (χ4n) is 1.63. The number of ether oxygens (including phenoxy) is 1. The van der Waals surface area contributed by atoms with E-state index in [0.717, 1.165) is 16.6 Å². The predicted molar refractivity (Wildman–Crippen MR) is 82.7 cm³/mol. The molecule has 3 nitrogen and oxygen atoms in total. The fourth-order valence-corrected chi connectivity index (χ4v) is 2.26. The molecule has 2 rings (SSSR count). The van der Waals surface area contributed by atoms with Crippen LogP contribution in [-0.4, -0.2) is 13.0 Å². The molecule has 0 aliphatic heterocycles. The van der Waals surface area contributed by atoms with Gasteiger partial charge in [0.2, 0.25) is 0 Å². The summed E-state index contributed by atoms with van der Waals surface area (Å²) in [6, 6.07) is 6.83. The first-order chi connectivity index (χ1) is 9.92. The average molecular weight is 421 g/mol. The van der Waals surface area contributed by atoms with Crippen LogP contribution in [-0.2, 0) is 0 Å². The van der Waals surface area contributed by atoms with Crippen LogP contribution in [0.5, 0.6) is 5.75 Å². The number of hydrogen-bond acceptors (Lipinski definition) is 2. The largest absolute Gasteiger partial charge is 0.495 e. The SMILES string of the molecule is COc1cc(NC(=O)c2cc(F)c(Br)c(F)c2)ccc1Br. The second-order valence-electron chi connectivity index (χ2n) is 4.06. The van der Waals surface area contributed by atoms with Gasteiger partial charge in [-0.3, -0.25) is 4.79 Å². The van der Waals surface area contributed by atoms with E-state index in [0.29, 0.717) is 11.4 Å². The topological polar surface area (TPSA) is 38.3 Å². The van der Waals surface area contributed by atoms with Gasteiger partial charge in [0.25, 0.3) is 5.91 Å². The summed E-state index contributed by atoms with van der Waals surface area (Å²) in [7, 11) is 1.49. The molecule has 7 heteroatoms. The van der Waals surface area contributed by atoms with Gasteiger partial charge in [-0.1, -0.05) is 0 Å². The van der Waals surface area contributed by atoms with Crippen molar-refractivity contribution in [1.29, 1.82) is 0 Å². The summed E-state index contributed by atoms with van der Waals surface area (Å²) < 4.78 is 32.4. The summed E-state index contributed by atoms with van der Waals surface area (Å²) in [5.41, 5.74) is 0.332. The Labute approximate surface area is 136 Å². The van der Waals surface area contributed by atoms with Gasteiger partial charge in [-0.2, -0.15) is 0 Å². The molecular formula is C14H9Br2F2NO2. The maximum atomic E-state index is 13.4. The molecule has 0 bridgehead atoms. The van der Waals surface area contributed by atoms with Crippen LogP contribution in [0.3, 0.4) is 0 Å². The molecule has 0 radical (unpaired) electrons. The van der Waals surface area contributed by atoms with E-state index in [2.05, 4.69) is 37.2 Å². The van der Waals surface area contributed by atoms with Crippen LogP contribution in [0.25, 0.3) is 0 Å². The summed E-state index contributed by atoms with van der Waals surface area (Å²) in [5, 5.41) is 2.55. The minimum absolute atomic E-state index is 0.116. The number of rotatable bonds is 3. The Bertz CT molecular complexity index is 684. The van der Waals surface area contributed by atoms with Crippen LogP contribution >= 0.6 is 31.9 Å². The first-order valence-electron chi connectivity index (χ1n) is 5.72. The highest BCUT2D eigenvalue weighted by atomic mass is 79.9. The predicted octanol–water partition coefficient (Wildman–Crippen LogP) is 4.75. The lowest BCUT2D eigenvalue weighted by Gasteiger charge is -2.09. The molecule has 2 aromatic rings. The van der Waals surface area contributed by atoms with Crippen molar-refractivity contribution in [1.82, 2.24) is 0 Å². The van der Waals surface area contributed by atoms with E-state index in [1.165, 1.54) is 7.11 Å². The van der Waals surface area contributed by atoms with E-state index < -0.39 is 17.5 Å². The maximum Gasteiger partial charge on any atom is 0.255 e. The fraction of sp³-hybridized carbons (Fsp3) is 0.0714. The van der Waals surface area contributed by atoms with Gasteiger partial charge >= 0.3 is 0 Å². The molecule has 0 aliphatic rings. The molecule has 0 fully saturated rings. The van der Waals surface area contributed by atoms with Crippen molar-refractivity contribution in [3.05, 3.63) is 56.5 Å². The lowest BCUT2D eigenvalue weighted by molar-refractivity contribution is 0.102. The average Bonchev–Trinajstić information content (AvgIpc) is 2.46. The molecule has 0 aliphatic carbocycles. The van der Waals surface area contributed by atoms with Gasteiger partial charge < -0.3 is 10.1 Å². The van der Waals surface area contributed by atoms with E-state index >= 15 is 0 Å². The number of hydrogen-bond donors (Lipinski definition) is 1. The second kappa shape index (κ2) is 6.53. The highest BCUT2D eigenvalue weighted by Gasteiger charge is 2.14. The smallest absolute Gasteiger partial charge is 0.255 e. The van der Waals surface area contributed by atoms with Crippen molar-refractivity contribution in [3.63, 3.8) is 0 Å². The van der Waals surface area contributed by atoms with Crippen LogP contribution in [0.15, 0.2) is 39.3 Å². The highest BCUT2D eigenvalue weighted by Crippen LogP contribution is 2.28. The first kappa shape index (κ1) is 15.9. The number of carbonyl (C=O) groups excluding carboxylic acids is 1. The summed E-state index contributed by atoms with van der Waals surface area (Å²) in [6.45, 7) is 0. The van der Waals surface area contributed by atoms with E-state index in [-0.39, 0.29) is 10.0 Å². The molecule has 0 heterocycles. The maximum absolute atomic E-state index is 13.4. The molecule has 0 saturated heterocycles. The Morgan fingerprint density at radius 2 is 1.76 bits per heavy atom. The van der Waals surface area contributed by atoms with Crippen LogP contribution < -0.4 is 10.1 Å². The lowest BCUT2D eigenvalue weighted by atomic mass is 10.2. The van der Waals surface area contributed by atoms with Gasteiger partial charge in [0.1, 0.15) is 17.4 Å². The number of anilines is 1. The molecule has 0 saturated carbocycles. The van der Waals surface area contributed by atoms with Crippen LogP contribution in [0.4, 0.5) is 14.5 Å². The number of nitrogens with one attached hydrogen (secondary N) is 1. The number of amides is 1. The van der Waals surface area contributed by atoms with Crippen molar-refractivity contribution in [2.24, 2.45) is 0 Å². The van der Waals surface area contributed by atoms with Crippen molar-refractivity contribution in [2.45, 2.75) is 0 Å². The summed E-state index contributed by atoms with van der Waals surface area (Å²) >= 11 is 6.04. The Hall–Kier alpha value is -1.47. The monoisotopic (exact) mass is 419 g/mol. The molecule has 1 amide bonds. The second-order valence-corrected chi connectivity index (χ2v) is 5.70. The van der Waals surface area contributed by atoms with Crippen molar-refractivity contribution < 1.29 is 18.3 Å². The number of benzene rings is 2. The molecule has 2 aromatic carbocycles. The van der Waals surface area contributed by atoms with Gasteiger partial charge in [-0.05, 0) is 56.1 Å². The normalized spacial score (nSPS) is 10.3. The third kappa shape index (κ3) is 3.59. The first-order valence-corrected chi connectivity index (χ1v) is 7.30. The number of carbonyl (C=O) groups is 1. The number of halogens is 4. The van der Waals surface area contributed by atoms with Crippen molar-refractivity contribution in [3.8, 4) is 5.75 Å². The van der Waals surface area contributed by atoms with Crippen LogP contribution in [0.2, 0.25) is 0 Å². The quantitative estimate of drug-likeness (QED) is 0.727. The minimum atomic E-state index is -0.839. The Kier molecular flexibility index (Phi) is 4.95. The summed E-state index contributed by atoms with van der Waals surface area (Å²) in [6.07, 6.45) is 0. The summed E-state index contributed by atoms with van der Waals surface area (Å²) in [4.78, 5) is 12.0. The van der Waals surface area contributed by atoms with Crippen LogP contribution in [0, 0.1) is 11.6 Å².